The number of nitrogens with zero attached hydrogens (tertiary/aromatic N) is 4. The Bertz CT molecular complexity index is 1030. The van der Waals surface area contributed by atoms with Gasteiger partial charge >= 0.3 is 0 Å². The second-order valence-electron chi connectivity index (χ2n) is 8.53. The molecule has 2 fully saturated rings. The molecular weight excluding hydrogens is 392 g/mol. The van der Waals surface area contributed by atoms with E-state index < -0.39 is 0 Å². The highest BCUT2D eigenvalue weighted by molar-refractivity contribution is 5.87. The predicted molar refractivity (Wildman–Crippen MR) is 121 cm³/mol. The van der Waals surface area contributed by atoms with Crippen molar-refractivity contribution in [2.45, 2.75) is 12.8 Å². The number of β-amino-alcohol motifs (C(OH)–C–C–N with tert-alkyl or cyclic N) is 1. The first-order valence-electron chi connectivity index (χ1n) is 11.3. The van der Waals surface area contributed by atoms with Crippen LogP contribution in [-0.2, 0) is 0 Å². The standard InChI is InChI=1S/C24H30N4O3/c29-13-11-27-7-9-28(10-8-27)12-14-30-19-3-5-21-23(15-19)25-22-6-4-20(16-24(22)26-21)31-17-18-1-2-18/h3-6,15-16,18,29H,1-2,7-14,17H2. The van der Waals surface area contributed by atoms with Gasteiger partial charge in [-0.2, -0.15) is 0 Å². The van der Waals surface area contributed by atoms with E-state index in [1.54, 1.807) is 0 Å². The molecule has 1 aliphatic carbocycles. The summed E-state index contributed by atoms with van der Waals surface area (Å²) in [6.07, 6.45) is 2.56. The average Bonchev–Trinajstić information content (AvgIpc) is 3.62. The molecule has 1 N–H and O–H groups in total. The zero-order valence-electron chi connectivity index (χ0n) is 17.9. The molecule has 0 atom stereocenters. The number of hydrogen-bond acceptors (Lipinski definition) is 7. The Hall–Kier alpha value is -2.48. The molecule has 3 aromatic rings. The number of aliphatic hydroxyl groups is 1. The number of ether oxygens (including phenoxy) is 2. The first kappa shape index (κ1) is 20.4. The summed E-state index contributed by atoms with van der Waals surface area (Å²) in [6.45, 7) is 7.40. The van der Waals surface area contributed by atoms with Gasteiger partial charge in [0, 0.05) is 51.4 Å². The first-order chi connectivity index (χ1) is 15.3. The number of piperazine rings is 1. The molecule has 2 aromatic carbocycles. The van der Waals surface area contributed by atoms with E-state index in [2.05, 4.69) is 9.80 Å². The van der Waals surface area contributed by atoms with Crippen LogP contribution in [-0.4, -0.2) is 84.0 Å². The molecular formula is C24H30N4O3. The van der Waals surface area contributed by atoms with Crippen molar-refractivity contribution in [2.75, 3.05) is 59.1 Å². The first-order valence-corrected chi connectivity index (χ1v) is 11.3. The van der Waals surface area contributed by atoms with Gasteiger partial charge in [0.05, 0.1) is 35.3 Å². The zero-order valence-corrected chi connectivity index (χ0v) is 17.9. The highest BCUT2D eigenvalue weighted by Crippen LogP contribution is 2.30. The molecule has 31 heavy (non-hydrogen) atoms. The van der Waals surface area contributed by atoms with E-state index in [4.69, 9.17) is 24.5 Å². The predicted octanol–water partition coefficient (Wildman–Crippen LogP) is 2.56. The quantitative estimate of drug-likeness (QED) is 0.532. The molecule has 1 aromatic heterocycles. The van der Waals surface area contributed by atoms with Crippen molar-refractivity contribution >= 4 is 22.1 Å². The van der Waals surface area contributed by atoms with Crippen molar-refractivity contribution < 1.29 is 14.6 Å². The maximum absolute atomic E-state index is 9.05. The van der Waals surface area contributed by atoms with Crippen LogP contribution in [0.3, 0.4) is 0 Å². The Morgan fingerprint density at radius 1 is 0.774 bits per heavy atom. The minimum absolute atomic E-state index is 0.235. The zero-order chi connectivity index (χ0) is 21.0. The Labute approximate surface area is 182 Å². The second kappa shape index (κ2) is 9.34. The van der Waals surface area contributed by atoms with Gasteiger partial charge in [-0.05, 0) is 43.0 Å². The van der Waals surface area contributed by atoms with Crippen molar-refractivity contribution in [1.82, 2.24) is 19.8 Å². The van der Waals surface area contributed by atoms with Crippen LogP contribution in [0.4, 0.5) is 0 Å². The number of benzene rings is 2. The van der Waals surface area contributed by atoms with Crippen molar-refractivity contribution in [3.8, 4) is 11.5 Å². The van der Waals surface area contributed by atoms with E-state index >= 15 is 0 Å². The number of aliphatic hydroxyl groups excluding tert-OH is 1. The van der Waals surface area contributed by atoms with Gasteiger partial charge in [-0.1, -0.05) is 0 Å². The van der Waals surface area contributed by atoms with Crippen LogP contribution in [0.5, 0.6) is 11.5 Å². The lowest BCUT2D eigenvalue weighted by Gasteiger charge is -2.34. The monoisotopic (exact) mass is 422 g/mol. The van der Waals surface area contributed by atoms with E-state index in [0.29, 0.717) is 6.61 Å². The fourth-order valence-electron chi connectivity index (χ4n) is 3.98. The summed E-state index contributed by atoms with van der Waals surface area (Å²) >= 11 is 0. The van der Waals surface area contributed by atoms with E-state index in [1.807, 2.05) is 36.4 Å². The molecule has 1 aliphatic heterocycles. The molecule has 164 valence electrons. The van der Waals surface area contributed by atoms with Gasteiger partial charge in [0.2, 0.25) is 0 Å². The van der Waals surface area contributed by atoms with E-state index in [1.165, 1.54) is 12.8 Å². The minimum atomic E-state index is 0.235. The Balaban J connectivity index is 1.19. The molecule has 1 saturated heterocycles. The Morgan fingerprint density at radius 2 is 1.35 bits per heavy atom. The SMILES string of the molecule is OCCN1CCN(CCOc2ccc3nc4cc(OCC5CC5)ccc4nc3c2)CC1. The van der Waals surface area contributed by atoms with Crippen LogP contribution < -0.4 is 9.47 Å². The number of hydrogen-bond donors (Lipinski definition) is 1. The van der Waals surface area contributed by atoms with E-state index in [9.17, 15) is 0 Å². The highest BCUT2D eigenvalue weighted by atomic mass is 16.5. The third-order valence-corrected chi connectivity index (χ3v) is 6.12. The second-order valence-corrected chi connectivity index (χ2v) is 8.53. The van der Waals surface area contributed by atoms with Gasteiger partial charge in [0.25, 0.3) is 0 Å². The molecule has 2 aliphatic rings. The van der Waals surface area contributed by atoms with Gasteiger partial charge in [0.15, 0.2) is 0 Å². The number of aromatic nitrogens is 2. The molecule has 2 heterocycles. The fraction of sp³-hybridized carbons (Fsp3) is 0.500. The summed E-state index contributed by atoms with van der Waals surface area (Å²) < 4.78 is 11.9. The lowest BCUT2D eigenvalue weighted by Crippen LogP contribution is -2.48. The summed E-state index contributed by atoms with van der Waals surface area (Å²) in [6, 6.07) is 11.9. The highest BCUT2D eigenvalue weighted by Gasteiger charge is 2.22. The topological polar surface area (TPSA) is 71.0 Å². The normalized spacial score (nSPS) is 18.0. The van der Waals surface area contributed by atoms with Crippen LogP contribution in [0.1, 0.15) is 12.8 Å². The van der Waals surface area contributed by atoms with Crippen molar-refractivity contribution in [3.05, 3.63) is 36.4 Å². The van der Waals surface area contributed by atoms with Gasteiger partial charge in [-0.3, -0.25) is 9.80 Å². The average molecular weight is 423 g/mol. The van der Waals surface area contributed by atoms with Crippen LogP contribution in [0, 0.1) is 5.92 Å². The van der Waals surface area contributed by atoms with Gasteiger partial charge in [0.1, 0.15) is 18.1 Å². The molecule has 0 bridgehead atoms. The largest absolute Gasteiger partial charge is 0.493 e. The lowest BCUT2D eigenvalue weighted by atomic mass is 10.2. The summed E-state index contributed by atoms with van der Waals surface area (Å²) in [5.41, 5.74) is 3.42. The van der Waals surface area contributed by atoms with Gasteiger partial charge < -0.3 is 14.6 Å². The van der Waals surface area contributed by atoms with Crippen LogP contribution in [0.25, 0.3) is 22.1 Å². The molecule has 0 radical (unpaired) electrons. The van der Waals surface area contributed by atoms with Crippen molar-refractivity contribution in [3.63, 3.8) is 0 Å². The molecule has 7 nitrogen and oxygen atoms in total. The lowest BCUT2D eigenvalue weighted by molar-refractivity contribution is 0.102. The minimum Gasteiger partial charge on any atom is -0.493 e. The summed E-state index contributed by atoms with van der Waals surface area (Å²) in [5.74, 6) is 2.42. The third kappa shape index (κ3) is 5.23. The van der Waals surface area contributed by atoms with Crippen molar-refractivity contribution in [2.24, 2.45) is 5.92 Å². The maximum Gasteiger partial charge on any atom is 0.121 e. The number of rotatable bonds is 9. The molecule has 7 heteroatoms. The van der Waals surface area contributed by atoms with Crippen molar-refractivity contribution in [1.29, 1.82) is 0 Å². The molecule has 0 unspecified atom stereocenters. The molecule has 1 saturated carbocycles. The smallest absolute Gasteiger partial charge is 0.121 e. The fourth-order valence-corrected chi connectivity index (χ4v) is 3.98. The number of fused-ring (bicyclic) bond motifs is 2. The summed E-state index contributed by atoms with van der Waals surface area (Å²) in [5, 5.41) is 9.05. The Morgan fingerprint density at radius 3 is 1.94 bits per heavy atom. The Kier molecular flexibility index (Phi) is 6.15. The molecule has 5 rings (SSSR count). The van der Waals surface area contributed by atoms with E-state index in [-0.39, 0.29) is 6.61 Å². The summed E-state index contributed by atoms with van der Waals surface area (Å²) in [4.78, 5) is 14.3. The summed E-state index contributed by atoms with van der Waals surface area (Å²) in [7, 11) is 0. The third-order valence-electron chi connectivity index (χ3n) is 6.12. The molecule has 0 amide bonds. The van der Waals surface area contributed by atoms with E-state index in [0.717, 1.165) is 85.4 Å². The van der Waals surface area contributed by atoms with Gasteiger partial charge in [-0.15, -0.1) is 0 Å². The molecule has 0 spiro atoms. The van der Waals surface area contributed by atoms with Crippen LogP contribution in [0.15, 0.2) is 36.4 Å². The van der Waals surface area contributed by atoms with Gasteiger partial charge in [-0.25, -0.2) is 9.97 Å². The van der Waals surface area contributed by atoms with Crippen LogP contribution >= 0.6 is 0 Å². The van der Waals surface area contributed by atoms with Crippen LogP contribution in [0.2, 0.25) is 0 Å². The maximum atomic E-state index is 9.05.